The third-order valence-electron chi connectivity index (χ3n) is 4.57. The van der Waals surface area contributed by atoms with Crippen LogP contribution < -0.4 is 5.32 Å². The van der Waals surface area contributed by atoms with Crippen molar-refractivity contribution in [3.8, 4) is 0 Å². The molecule has 1 amide bonds. The predicted molar refractivity (Wildman–Crippen MR) is 98.3 cm³/mol. The van der Waals surface area contributed by atoms with E-state index in [4.69, 9.17) is 4.74 Å². The molecule has 1 aliphatic heterocycles. The van der Waals surface area contributed by atoms with Crippen LogP contribution in [0.5, 0.6) is 0 Å². The fourth-order valence-electron chi connectivity index (χ4n) is 3.11. The number of hydrogen-bond donors (Lipinski definition) is 1. The highest BCUT2D eigenvalue weighted by Crippen LogP contribution is 2.34. The van der Waals surface area contributed by atoms with Crippen molar-refractivity contribution in [1.82, 2.24) is 5.32 Å². The van der Waals surface area contributed by atoms with Crippen molar-refractivity contribution in [2.24, 2.45) is 0 Å². The van der Waals surface area contributed by atoms with Crippen LogP contribution in [0.15, 0.2) is 65.6 Å². The van der Waals surface area contributed by atoms with Gasteiger partial charge in [-0.25, -0.2) is 0 Å². The second-order valence-corrected chi connectivity index (χ2v) is 7.19. The van der Waals surface area contributed by atoms with Gasteiger partial charge in [0, 0.05) is 30.1 Å². The third kappa shape index (κ3) is 4.40. The lowest BCUT2D eigenvalue weighted by molar-refractivity contribution is -0.119. The minimum Gasteiger partial charge on any atom is -0.381 e. The molecule has 0 bridgehead atoms. The van der Waals surface area contributed by atoms with E-state index in [0.717, 1.165) is 31.0 Å². The number of carbonyl (C=O) groups is 1. The molecule has 1 aliphatic rings. The second kappa shape index (κ2) is 8.36. The summed E-state index contributed by atoms with van der Waals surface area (Å²) in [6.07, 6.45) is 1.90. The Balaban J connectivity index is 1.58. The van der Waals surface area contributed by atoms with Gasteiger partial charge >= 0.3 is 0 Å². The highest BCUT2D eigenvalue weighted by atomic mass is 32.2. The zero-order valence-corrected chi connectivity index (χ0v) is 14.6. The van der Waals surface area contributed by atoms with Crippen molar-refractivity contribution >= 4 is 17.7 Å². The Labute approximate surface area is 147 Å². The number of thioether (sulfide) groups is 1. The van der Waals surface area contributed by atoms with Crippen molar-refractivity contribution < 1.29 is 9.53 Å². The third-order valence-corrected chi connectivity index (χ3v) is 5.59. The van der Waals surface area contributed by atoms with Crippen molar-refractivity contribution in [2.45, 2.75) is 23.2 Å². The molecule has 0 radical (unpaired) electrons. The molecule has 3 nitrogen and oxygen atoms in total. The average molecular weight is 341 g/mol. The molecule has 0 atom stereocenters. The summed E-state index contributed by atoms with van der Waals surface area (Å²) in [5, 5.41) is 3.15. The van der Waals surface area contributed by atoms with Crippen molar-refractivity contribution in [3.05, 3.63) is 66.2 Å². The van der Waals surface area contributed by atoms with Crippen molar-refractivity contribution in [2.75, 3.05) is 25.5 Å². The first-order chi connectivity index (χ1) is 11.8. The standard InChI is InChI=1S/C20H23NO2S/c22-19(15-24-18-9-5-2-6-10-18)21-16-20(11-13-23-14-12-20)17-7-3-1-4-8-17/h1-10H,11-16H2,(H,21,22). The number of ether oxygens (including phenoxy) is 1. The molecule has 0 unspecified atom stereocenters. The molecule has 0 aliphatic carbocycles. The first kappa shape index (κ1) is 17.1. The number of hydrogen-bond acceptors (Lipinski definition) is 3. The highest BCUT2D eigenvalue weighted by Gasteiger charge is 2.34. The minimum absolute atomic E-state index is 0.00736. The molecule has 1 saturated heterocycles. The monoisotopic (exact) mass is 341 g/mol. The van der Waals surface area contributed by atoms with Crippen LogP contribution in [-0.2, 0) is 14.9 Å². The molecule has 0 aromatic heterocycles. The zero-order chi connectivity index (χ0) is 16.7. The Hall–Kier alpha value is -1.78. The van der Waals surface area contributed by atoms with E-state index in [0.29, 0.717) is 12.3 Å². The summed E-state index contributed by atoms with van der Waals surface area (Å²) >= 11 is 1.57. The largest absolute Gasteiger partial charge is 0.381 e. The number of amides is 1. The van der Waals surface area contributed by atoms with E-state index in [1.165, 1.54) is 5.56 Å². The lowest BCUT2D eigenvalue weighted by Gasteiger charge is -2.38. The summed E-state index contributed by atoms with van der Waals surface area (Å²) < 4.78 is 5.54. The molecule has 2 aromatic carbocycles. The van der Waals surface area contributed by atoms with E-state index in [1.54, 1.807) is 11.8 Å². The van der Waals surface area contributed by atoms with Crippen LogP contribution in [0.2, 0.25) is 0 Å². The zero-order valence-electron chi connectivity index (χ0n) is 13.7. The van der Waals surface area contributed by atoms with E-state index in [9.17, 15) is 4.79 Å². The predicted octanol–water partition coefficient (Wildman–Crippen LogP) is 3.64. The fourth-order valence-corrected chi connectivity index (χ4v) is 3.86. The molecule has 1 heterocycles. The van der Waals surface area contributed by atoms with Crippen LogP contribution in [0, 0.1) is 0 Å². The normalized spacial score (nSPS) is 16.5. The molecule has 1 fully saturated rings. The van der Waals surface area contributed by atoms with Gasteiger partial charge in [0.1, 0.15) is 0 Å². The lowest BCUT2D eigenvalue weighted by Crippen LogP contribution is -2.45. The maximum absolute atomic E-state index is 12.3. The molecule has 1 N–H and O–H groups in total. The van der Waals surface area contributed by atoms with E-state index in [2.05, 4.69) is 29.6 Å². The summed E-state index contributed by atoms with van der Waals surface area (Å²) in [5.74, 6) is 0.538. The maximum Gasteiger partial charge on any atom is 0.230 e. The summed E-state index contributed by atoms with van der Waals surface area (Å²) in [6.45, 7) is 2.18. The van der Waals surface area contributed by atoms with Crippen LogP contribution in [0.3, 0.4) is 0 Å². The van der Waals surface area contributed by atoms with E-state index in [-0.39, 0.29) is 11.3 Å². The van der Waals surface area contributed by atoms with Gasteiger partial charge in [-0.05, 0) is 30.5 Å². The van der Waals surface area contributed by atoms with Crippen LogP contribution in [-0.4, -0.2) is 31.4 Å². The van der Waals surface area contributed by atoms with Crippen LogP contribution in [0.1, 0.15) is 18.4 Å². The molecule has 4 heteroatoms. The summed E-state index contributed by atoms with van der Waals surface area (Å²) in [6, 6.07) is 20.5. The molecule has 0 spiro atoms. The molecule has 0 saturated carbocycles. The number of benzene rings is 2. The summed E-state index contributed by atoms with van der Waals surface area (Å²) in [4.78, 5) is 13.4. The lowest BCUT2D eigenvalue weighted by atomic mass is 9.74. The molecule has 3 rings (SSSR count). The van der Waals surface area contributed by atoms with Crippen LogP contribution in [0.25, 0.3) is 0 Å². The highest BCUT2D eigenvalue weighted by molar-refractivity contribution is 8.00. The molecule has 2 aromatic rings. The van der Waals surface area contributed by atoms with Crippen LogP contribution in [0.4, 0.5) is 0 Å². The van der Waals surface area contributed by atoms with E-state index >= 15 is 0 Å². The quantitative estimate of drug-likeness (QED) is 0.815. The Morgan fingerprint density at radius 3 is 2.29 bits per heavy atom. The van der Waals surface area contributed by atoms with Crippen molar-refractivity contribution in [1.29, 1.82) is 0 Å². The van der Waals surface area contributed by atoms with E-state index in [1.807, 2.05) is 36.4 Å². The van der Waals surface area contributed by atoms with Crippen molar-refractivity contribution in [3.63, 3.8) is 0 Å². The molecular formula is C20H23NO2S. The Bertz CT molecular complexity index is 639. The van der Waals surface area contributed by atoms with Gasteiger partial charge in [0.15, 0.2) is 0 Å². The van der Waals surface area contributed by atoms with Gasteiger partial charge in [0.05, 0.1) is 5.75 Å². The van der Waals surface area contributed by atoms with Gasteiger partial charge in [-0.3, -0.25) is 4.79 Å². The van der Waals surface area contributed by atoms with Gasteiger partial charge in [-0.1, -0.05) is 48.5 Å². The first-order valence-electron chi connectivity index (χ1n) is 8.36. The smallest absolute Gasteiger partial charge is 0.230 e. The van der Waals surface area contributed by atoms with Gasteiger partial charge < -0.3 is 10.1 Å². The van der Waals surface area contributed by atoms with Gasteiger partial charge in [-0.2, -0.15) is 0 Å². The molecular weight excluding hydrogens is 318 g/mol. The second-order valence-electron chi connectivity index (χ2n) is 6.14. The number of carbonyl (C=O) groups excluding carboxylic acids is 1. The van der Waals surface area contributed by atoms with Gasteiger partial charge in [0.25, 0.3) is 0 Å². The Morgan fingerprint density at radius 1 is 1.00 bits per heavy atom. The van der Waals surface area contributed by atoms with Gasteiger partial charge in [-0.15, -0.1) is 11.8 Å². The first-order valence-corrected chi connectivity index (χ1v) is 9.35. The minimum atomic E-state index is -0.00736. The fraction of sp³-hybridized carbons (Fsp3) is 0.350. The Kier molecular flexibility index (Phi) is 5.94. The number of rotatable bonds is 6. The average Bonchev–Trinajstić information content (AvgIpc) is 2.67. The molecule has 24 heavy (non-hydrogen) atoms. The topological polar surface area (TPSA) is 38.3 Å². The van der Waals surface area contributed by atoms with E-state index < -0.39 is 0 Å². The summed E-state index contributed by atoms with van der Waals surface area (Å²) in [5.41, 5.74) is 1.29. The Morgan fingerprint density at radius 2 is 1.62 bits per heavy atom. The summed E-state index contributed by atoms with van der Waals surface area (Å²) in [7, 11) is 0. The maximum atomic E-state index is 12.3. The number of nitrogens with one attached hydrogen (secondary N) is 1. The molecule has 126 valence electrons. The van der Waals surface area contributed by atoms with Gasteiger partial charge in [0.2, 0.25) is 5.91 Å². The SMILES string of the molecule is O=C(CSc1ccccc1)NCC1(c2ccccc2)CCOCC1. The van der Waals surface area contributed by atoms with Crippen LogP contribution >= 0.6 is 11.8 Å².